The summed E-state index contributed by atoms with van der Waals surface area (Å²) < 4.78 is 10.7. The average Bonchev–Trinajstić information content (AvgIpc) is 2.61. The van der Waals surface area contributed by atoms with Crippen LogP contribution in [0, 0.1) is 0 Å². The first-order chi connectivity index (χ1) is 11.9. The molecular weight excluding hydrogens is 318 g/mol. The van der Waals surface area contributed by atoms with Gasteiger partial charge in [-0.25, -0.2) is 0 Å². The molecule has 2 rings (SSSR count). The van der Waals surface area contributed by atoms with E-state index in [0.717, 1.165) is 36.6 Å². The van der Waals surface area contributed by atoms with Gasteiger partial charge in [0.15, 0.2) is 0 Å². The van der Waals surface area contributed by atoms with Crippen LogP contribution in [0.15, 0.2) is 18.2 Å². The Morgan fingerprint density at radius 3 is 2.76 bits per heavy atom. The summed E-state index contributed by atoms with van der Waals surface area (Å²) in [4.78, 5) is 17.0. The van der Waals surface area contributed by atoms with Gasteiger partial charge in [0.2, 0.25) is 5.91 Å². The Hall–Kier alpha value is -1.79. The molecule has 0 aromatic heterocycles. The number of methoxy groups -OCH3 is 2. The molecule has 1 aliphatic rings. The number of carbonyl (C=O) groups is 1. The fraction of sp³-hybridized carbons (Fsp3) is 0.632. The van der Waals surface area contributed by atoms with Gasteiger partial charge in [-0.15, -0.1) is 0 Å². The van der Waals surface area contributed by atoms with E-state index < -0.39 is 0 Å². The van der Waals surface area contributed by atoms with Gasteiger partial charge in [-0.05, 0) is 58.6 Å². The van der Waals surface area contributed by atoms with E-state index in [-0.39, 0.29) is 11.9 Å². The van der Waals surface area contributed by atoms with Gasteiger partial charge in [0.25, 0.3) is 0 Å². The Morgan fingerprint density at radius 1 is 1.36 bits per heavy atom. The first-order valence-corrected chi connectivity index (χ1v) is 8.84. The second-order valence-electron chi connectivity index (χ2n) is 6.89. The van der Waals surface area contributed by atoms with Crippen molar-refractivity contribution in [1.29, 1.82) is 0 Å². The Bertz CT molecular complexity index is 577. The second-order valence-corrected chi connectivity index (χ2v) is 6.89. The predicted molar refractivity (Wildman–Crippen MR) is 99.3 cm³/mol. The third kappa shape index (κ3) is 5.34. The number of likely N-dealkylation sites (N-methyl/N-ethyl adjacent to an activating group) is 1. The van der Waals surface area contributed by atoms with Crippen LogP contribution in [0.3, 0.4) is 0 Å². The smallest absolute Gasteiger partial charge is 0.234 e. The summed E-state index contributed by atoms with van der Waals surface area (Å²) in [6.45, 7) is 4.32. The first-order valence-electron chi connectivity index (χ1n) is 8.84. The van der Waals surface area contributed by atoms with Crippen LogP contribution in [0.1, 0.15) is 31.4 Å². The van der Waals surface area contributed by atoms with Crippen LogP contribution < -0.4 is 14.8 Å². The third-order valence-electron chi connectivity index (χ3n) is 4.86. The highest BCUT2D eigenvalue weighted by Gasteiger charge is 2.23. The molecule has 0 spiro atoms. The molecule has 0 radical (unpaired) electrons. The molecule has 25 heavy (non-hydrogen) atoms. The summed E-state index contributed by atoms with van der Waals surface area (Å²) in [5.41, 5.74) is 0.917. The van der Waals surface area contributed by atoms with Crippen molar-refractivity contribution in [2.24, 2.45) is 0 Å². The number of benzene rings is 1. The van der Waals surface area contributed by atoms with E-state index in [2.05, 4.69) is 29.2 Å². The van der Waals surface area contributed by atoms with E-state index in [1.54, 1.807) is 14.2 Å². The Kier molecular flexibility index (Phi) is 7.08. The number of nitrogens with one attached hydrogen (secondary N) is 1. The normalized spacial score (nSPS) is 19.5. The topological polar surface area (TPSA) is 54.0 Å². The van der Waals surface area contributed by atoms with Crippen LogP contribution in [0.25, 0.3) is 0 Å². The van der Waals surface area contributed by atoms with Crippen molar-refractivity contribution >= 4 is 5.91 Å². The lowest BCUT2D eigenvalue weighted by Crippen LogP contribution is -2.48. The van der Waals surface area contributed by atoms with E-state index in [1.807, 2.05) is 25.1 Å². The fourth-order valence-corrected chi connectivity index (χ4v) is 3.34. The van der Waals surface area contributed by atoms with Crippen molar-refractivity contribution in [2.75, 3.05) is 47.9 Å². The summed E-state index contributed by atoms with van der Waals surface area (Å²) in [6, 6.07) is 6.01. The first kappa shape index (κ1) is 19.5. The molecule has 140 valence electrons. The molecule has 6 heteroatoms. The molecule has 1 aromatic carbocycles. The van der Waals surface area contributed by atoms with E-state index >= 15 is 0 Å². The maximum absolute atomic E-state index is 12.5. The number of nitrogens with zero attached hydrogens (tertiary/aromatic N) is 2. The lowest BCUT2D eigenvalue weighted by Gasteiger charge is -2.35. The predicted octanol–water partition coefficient (Wildman–Crippen LogP) is 1.91. The van der Waals surface area contributed by atoms with Crippen LogP contribution in [-0.2, 0) is 4.79 Å². The molecule has 0 saturated carbocycles. The minimum Gasteiger partial charge on any atom is -0.497 e. The molecule has 1 aliphatic heterocycles. The quantitative estimate of drug-likeness (QED) is 0.815. The van der Waals surface area contributed by atoms with Crippen molar-refractivity contribution in [3.8, 4) is 11.5 Å². The third-order valence-corrected chi connectivity index (χ3v) is 4.86. The fourth-order valence-electron chi connectivity index (χ4n) is 3.34. The van der Waals surface area contributed by atoms with Gasteiger partial charge in [0.05, 0.1) is 26.8 Å². The zero-order chi connectivity index (χ0) is 18.4. The Balaban J connectivity index is 1.96. The van der Waals surface area contributed by atoms with E-state index in [4.69, 9.17) is 9.47 Å². The van der Waals surface area contributed by atoms with Gasteiger partial charge in [-0.2, -0.15) is 0 Å². The van der Waals surface area contributed by atoms with Crippen molar-refractivity contribution in [1.82, 2.24) is 15.1 Å². The molecule has 1 aromatic rings. The molecule has 1 saturated heterocycles. The minimum atomic E-state index is -0.146. The highest BCUT2D eigenvalue weighted by Crippen LogP contribution is 2.29. The van der Waals surface area contributed by atoms with Crippen molar-refractivity contribution in [2.45, 2.75) is 31.8 Å². The van der Waals surface area contributed by atoms with E-state index in [0.29, 0.717) is 12.6 Å². The molecule has 0 bridgehead atoms. The standard InChI is InChI=1S/C19H31N3O3/c1-14(17-11-16(24-4)8-9-18(17)25-5)20-19(23)13-22-10-6-7-15(12-22)21(2)3/h8-9,11,14-15H,6-7,10,12-13H2,1-5H3,(H,20,23)/t14-,15+/m0/s1. The Labute approximate surface area is 151 Å². The SMILES string of the molecule is COc1ccc(OC)c([C@H](C)NC(=O)CN2CCC[C@@H](N(C)C)C2)c1. The number of carbonyl (C=O) groups excluding carboxylic acids is 1. The number of amides is 1. The monoisotopic (exact) mass is 349 g/mol. The molecule has 2 atom stereocenters. The summed E-state index contributed by atoms with van der Waals surface area (Å²) in [5, 5.41) is 3.08. The van der Waals surface area contributed by atoms with Crippen LogP contribution >= 0.6 is 0 Å². The van der Waals surface area contributed by atoms with Gasteiger partial charge in [0.1, 0.15) is 11.5 Å². The molecule has 0 aliphatic carbocycles. The van der Waals surface area contributed by atoms with E-state index in [9.17, 15) is 4.79 Å². The maximum atomic E-state index is 12.5. The lowest BCUT2D eigenvalue weighted by molar-refractivity contribution is -0.123. The number of piperidine rings is 1. The molecule has 1 amide bonds. The summed E-state index contributed by atoms with van der Waals surface area (Å²) in [6.07, 6.45) is 2.33. The van der Waals surface area contributed by atoms with Gasteiger partial charge in [0, 0.05) is 18.2 Å². The highest BCUT2D eigenvalue weighted by molar-refractivity contribution is 5.78. The average molecular weight is 349 g/mol. The highest BCUT2D eigenvalue weighted by atomic mass is 16.5. The molecule has 1 N–H and O–H groups in total. The van der Waals surface area contributed by atoms with Gasteiger partial charge >= 0.3 is 0 Å². The summed E-state index contributed by atoms with van der Waals surface area (Å²) in [7, 11) is 7.47. The minimum absolute atomic E-state index is 0.0387. The molecule has 1 heterocycles. The largest absolute Gasteiger partial charge is 0.497 e. The number of hydrogen-bond donors (Lipinski definition) is 1. The summed E-state index contributed by atoms with van der Waals surface area (Å²) in [5.74, 6) is 1.54. The Morgan fingerprint density at radius 2 is 2.12 bits per heavy atom. The maximum Gasteiger partial charge on any atom is 0.234 e. The number of rotatable bonds is 7. The van der Waals surface area contributed by atoms with Crippen LogP contribution in [0.4, 0.5) is 0 Å². The van der Waals surface area contributed by atoms with Crippen LogP contribution in [0.2, 0.25) is 0 Å². The molecule has 1 fully saturated rings. The molecule has 0 unspecified atom stereocenters. The second kappa shape index (κ2) is 9.06. The van der Waals surface area contributed by atoms with Gasteiger partial charge < -0.3 is 19.7 Å². The van der Waals surface area contributed by atoms with Crippen molar-refractivity contribution in [3.63, 3.8) is 0 Å². The van der Waals surface area contributed by atoms with Gasteiger partial charge in [-0.3, -0.25) is 9.69 Å². The number of hydrogen-bond acceptors (Lipinski definition) is 5. The molecular formula is C19H31N3O3. The van der Waals surface area contributed by atoms with Crippen molar-refractivity contribution < 1.29 is 14.3 Å². The van der Waals surface area contributed by atoms with Gasteiger partial charge in [-0.1, -0.05) is 0 Å². The zero-order valence-electron chi connectivity index (χ0n) is 16.0. The van der Waals surface area contributed by atoms with Crippen LogP contribution in [0.5, 0.6) is 11.5 Å². The number of likely N-dealkylation sites (tertiary alicyclic amines) is 1. The lowest BCUT2D eigenvalue weighted by atomic mass is 10.0. The van der Waals surface area contributed by atoms with E-state index in [1.165, 1.54) is 6.42 Å². The molecule has 6 nitrogen and oxygen atoms in total. The zero-order valence-corrected chi connectivity index (χ0v) is 16.0. The van der Waals surface area contributed by atoms with Crippen molar-refractivity contribution in [3.05, 3.63) is 23.8 Å². The summed E-state index contributed by atoms with van der Waals surface area (Å²) >= 11 is 0. The number of ether oxygens (including phenoxy) is 2. The van der Waals surface area contributed by atoms with Crippen LogP contribution in [-0.4, -0.2) is 69.7 Å².